The van der Waals surface area contributed by atoms with Gasteiger partial charge in [0.1, 0.15) is 5.82 Å². The zero-order valence-electron chi connectivity index (χ0n) is 15.6. The van der Waals surface area contributed by atoms with Gasteiger partial charge in [-0.1, -0.05) is 17.3 Å². The van der Waals surface area contributed by atoms with E-state index in [9.17, 15) is 4.79 Å². The van der Waals surface area contributed by atoms with Gasteiger partial charge in [-0.05, 0) is 61.3 Å². The van der Waals surface area contributed by atoms with Crippen LogP contribution >= 0.6 is 11.6 Å². The fourth-order valence-electron chi connectivity index (χ4n) is 3.21. The number of rotatable bonds is 5. The molecule has 28 heavy (non-hydrogen) atoms. The SMILES string of the molecule is Cc1noc(Cl)c1CCC(=O)Nc1ccc(-c2nc3ccccc3n2C)cc1. The Hall–Kier alpha value is -3.12. The van der Waals surface area contributed by atoms with Crippen LogP contribution in [-0.4, -0.2) is 20.6 Å². The summed E-state index contributed by atoms with van der Waals surface area (Å²) in [5.41, 5.74) is 5.25. The normalized spacial score (nSPS) is 11.1. The Kier molecular flexibility index (Phi) is 4.88. The highest BCUT2D eigenvalue weighted by molar-refractivity contribution is 6.29. The van der Waals surface area contributed by atoms with Gasteiger partial charge < -0.3 is 14.4 Å². The number of para-hydroxylation sites is 2. The first-order chi connectivity index (χ1) is 13.5. The van der Waals surface area contributed by atoms with Crippen molar-refractivity contribution in [2.24, 2.45) is 7.05 Å². The van der Waals surface area contributed by atoms with E-state index in [4.69, 9.17) is 21.1 Å². The smallest absolute Gasteiger partial charge is 0.229 e. The number of fused-ring (bicyclic) bond motifs is 1. The lowest BCUT2D eigenvalue weighted by atomic mass is 10.1. The third-order valence-electron chi connectivity index (χ3n) is 4.75. The predicted octanol–water partition coefficient (Wildman–Crippen LogP) is 4.76. The van der Waals surface area contributed by atoms with E-state index in [1.165, 1.54) is 0 Å². The highest BCUT2D eigenvalue weighted by atomic mass is 35.5. The molecule has 0 fully saturated rings. The highest BCUT2D eigenvalue weighted by Gasteiger charge is 2.13. The van der Waals surface area contributed by atoms with E-state index >= 15 is 0 Å². The molecule has 1 N–H and O–H groups in total. The maximum absolute atomic E-state index is 12.2. The first kappa shape index (κ1) is 18.3. The Morgan fingerprint density at radius 3 is 2.61 bits per heavy atom. The van der Waals surface area contributed by atoms with Crippen molar-refractivity contribution in [2.45, 2.75) is 19.8 Å². The Bertz CT molecular complexity index is 1130. The minimum absolute atomic E-state index is 0.0906. The number of carbonyl (C=O) groups is 1. The van der Waals surface area contributed by atoms with E-state index in [0.717, 1.165) is 33.7 Å². The number of benzene rings is 2. The van der Waals surface area contributed by atoms with Crippen molar-refractivity contribution < 1.29 is 9.32 Å². The Balaban J connectivity index is 1.44. The molecule has 0 aliphatic carbocycles. The zero-order valence-corrected chi connectivity index (χ0v) is 16.3. The molecule has 0 unspecified atom stereocenters. The molecule has 7 heteroatoms. The number of anilines is 1. The van der Waals surface area contributed by atoms with Gasteiger partial charge in [0.2, 0.25) is 11.1 Å². The van der Waals surface area contributed by atoms with Gasteiger partial charge in [0.05, 0.1) is 16.7 Å². The molecule has 142 valence electrons. The molecule has 0 aliphatic heterocycles. The average Bonchev–Trinajstić information content (AvgIpc) is 3.20. The van der Waals surface area contributed by atoms with E-state index in [1.807, 2.05) is 62.5 Å². The Morgan fingerprint density at radius 2 is 1.93 bits per heavy atom. The molecule has 0 spiro atoms. The van der Waals surface area contributed by atoms with Gasteiger partial charge in [-0.3, -0.25) is 4.79 Å². The van der Waals surface area contributed by atoms with E-state index in [1.54, 1.807) is 0 Å². The van der Waals surface area contributed by atoms with Crippen molar-refractivity contribution >= 4 is 34.2 Å². The molecule has 0 radical (unpaired) electrons. The van der Waals surface area contributed by atoms with Crippen LogP contribution < -0.4 is 5.32 Å². The summed E-state index contributed by atoms with van der Waals surface area (Å²) in [6.45, 7) is 1.81. The summed E-state index contributed by atoms with van der Waals surface area (Å²) >= 11 is 5.94. The molecular weight excluding hydrogens is 376 g/mol. The lowest BCUT2D eigenvalue weighted by Crippen LogP contribution is -2.12. The average molecular weight is 395 g/mol. The number of carbonyl (C=O) groups excluding carboxylic acids is 1. The fraction of sp³-hybridized carbons (Fsp3) is 0.190. The van der Waals surface area contributed by atoms with Crippen molar-refractivity contribution in [3.05, 3.63) is 65.0 Å². The molecule has 2 aromatic heterocycles. The molecule has 0 saturated carbocycles. The molecular formula is C21H19ClN4O2. The molecule has 2 aromatic carbocycles. The van der Waals surface area contributed by atoms with Gasteiger partial charge in [-0.2, -0.15) is 0 Å². The number of nitrogens with zero attached hydrogens (tertiary/aromatic N) is 3. The van der Waals surface area contributed by atoms with E-state index < -0.39 is 0 Å². The van der Waals surface area contributed by atoms with Crippen LogP contribution in [0.2, 0.25) is 5.22 Å². The molecule has 6 nitrogen and oxygen atoms in total. The standard InChI is InChI=1S/C21H19ClN4O2/c1-13-16(20(22)28-25-13)11-12-19(27)23-15-9-7-14(8-10-15)21-24-17-5-3-4-6-18(17)26(21)2/h3-10H,11-12H2,1-2H3,(H,23,27). The summed E-state index contributed by atoms with van der Waals surface area (Å²) in [5, 5.41) is 6.94. The van der Waals surface area contributed by atoms with Gasteiger partial charge in [0.15, 0.2) is 0 Å². The van der Waals surface area contributed by atoms with Crippen LogP contribution in [0.1, 0.15) is 17.7 Å². The molecule has 0 aliphatic rings. The number of amides is 1. The minimum atomic E-state index is -0.0906. The van der Waals surface area contributed by atoms with E-state index in [0.29, 0.717) is 18.5 Å². The van der Waals surface area contributed by atoms with Crippen molar-refractivity contribution in [1.82, 2.24) is 14.7 Å². The molecule has 4 aromatic rings. The largest absolute Gasteiger partial charge is 0.344 e. The molecule has 0 atom stereocenters. The summed E-state index contributed by atoms with van der Waals surface area (Å²) in [6, 6.07) is 15.7. The van der Waals surface area contributed by atoms with Gasteiger partial charge in [-0.15, -0.1) is 0 Å². The minimum Gasteiger partial charge on any atom is -0.344 e. The van der Waals surface area contributed by atoms with Gasteiger partial charge in [0, 0.05) is 30.3 Å². The Morgan fingerprint density at radius 1 is 1.18 bits per heavy atom. The molecule has 4 rings (SSSR count). The second-order valence-corrected chi connectivity index (χ2v) is 6.97. The Labute approximate surface area is 167 Å². The van der Waals surface area contributed by atoms with Crippen molar-refractivity contribution in [2.75, 3.05) is 5.32 Å². The second kappa shape index (κ2) is 7.48. The number of aryl methyl sites for hydroxylation is 2. The van der Waals surface area contributed by atoms with Gasteiger partial charge in [0.25, 0.3) is 0 Å². The number of halogens is 1. The molecule has 1 amide bonds. The molecule has 0 bridgehead atoms. The van der Waals surface area contributed by atoms with Crippen LogP contribution in [0.4, 0.5) is 5.69 Å². The van der Waals surface area contributed by atoms with Gasteiger partial charge in [-0.25, -0.2) is 4.98 Å². The van der Waals surface area contributed by atoms with Crippen LogP contribution in [0.3, 0.4) is 0 Å². The van der Waals surface area contributed by atoms with Crippen LogP contribution in [0.5, 0.6) is 0 Å². The van der Waals surface area contributed by atoms with Crippen LogP contribution in [0.25, 0.3) is 22.4 Å². The van der Waals surface area contributed by atoms with Crippen molar-refractivity contribution in [1.29, 1.82) is 0 Å². The van der Waals surface area contributed by atoms with Crippen molar-refractivity contribution in [3.63, 3.8) is 0 Å². The first-order valence-corrected chi connectivity index (χ1v) is 9.33. The summed E-state index contributed by atoms with van der Waals surface area (Å²) in [4.78, 5) is 16.9. The summed E-state index contributed by atoms with van der Waals surface area (Å²) < 4.78 is 6.97. The van der Waals surface area contributed by atoms with Crippen LogP contribution in [0.15, 0.2) is 53.1 Å². The summed E-state index contributed by atoms with van der Waals surface area (Å²) in [5.74, 6) is 0.795. The van der Waals surface area contributed by atoms with Gasteiger partial charge >= 0.3 is 0 Å². The summed E-state index contributed by atoms with van der Waals surface area (Å²) in [7, 11) is 2.00. The highest BCUT2D eigenvalue weighted by Crippen LogP contribution is 2.25. The van der Waals surface area contributed by atoms with Crippen LogP contribution in [-0.2, 0) is 18.3 Å². The number of hydrogen-bond donors (Lipinski definition) is 1. The lowest BCUT2D eigenvalue weighted by molar-refractivity contribution is -0.116. The third kappa shape index (κ3) is 3.51. The number of aromatic nitrogens is 3. The van der Waals surface area contributed by atoms with Crippen molar-refractivity contribution in [3.8, 4) is 11.4 Å². The number of hydrogen-bond acceptors (Lipinski definition) is 4. The third-order valence-corrected chi connectivity index (χ3v) is 5.05. The van der Waals surface area contributed by atoms with Crippen LogP contribution in [0, 0.1) is 6.92 Å². The maximum atomic E-state index is 12.2. The maximum Gasteiger partial charge on any atom is 0.229 e. The monoisotopic (exact) mass is 394 g/mol. The zero-order chi connectivity index (χ0) is 19.7. The summed E-state index contributed by atoms with van der Waals surface area (Å²) in [6.07, 6.45) is 0.784. The fourth-order valence-corrected chi connectivity index (χ4v) is 3.47. The van der Waals surface area contributed by atoms with E-state index in [-0.39, 0.29) is 11.1 Å². The van der Waals surface area contributed by atoms with E-state index in [2.05, 4.69) is 15.0 Å². The lowest BCUT2D eigenvalue weighted by Gasteiger charge is -2.07. The second-order valence-electron chi connectivity index (χ2n) is 6.63. The first-order valence-electron chi connectivity index (χ1n) is 8.95. The topological polar surface area (TPSA) is 73.0 Å². The quantitative estimate of drug-likeness (QED) is 0.529. The molecule has 2 heterocycles. The predicted molar refractivity (Wildman–Crippen MR) is 109 cm³/mol. The number of imidazole rings is 1. The number of nitrogens with one attached hydrogen (secondary N) is 1. The molecule has 0 saturated heterocycles.